The van der Waals surface area contributed by atoms with Crippen molar-refractivity contribution in [2.24, 2.45) is 0 Å². The lowest BCUT2D eigenvalue weighted by molar-refractivity contribution is 0.188. The third kappa shape index (κ3) is 5.46. The highest BCUT2D eigenvalue weighted by Crippen LogP contribution is 2.05. The molecule has 0 spiro atoms. The lowest BCUT2D eigenvalue weighted by atomic mass is 10.1. The molecule has 0 bridgehead atoms. The first kappa shape index (κ1) is 15.4. The Kier molecular flexibility index (Phi) is 6.07. The van der Waals surface area contributed by atoms with Gasteiger partial charge < -0.3 is 20.5 Å². The van der Waals surface area contributed by atoms with Gasteiger partial charge in [-0.05, 0) is 24.1 Å². The Morgan fingerprint density at radius 1 is 1.48 bits per heavy atom. The lowest BCUT2D eigenvalue weighted by Gasteiger charge is -2.12. The van der Waals surface area contributed by atoms with E-state index in [-0.39, 0.29) is 18.7 Å². The van der Waals surface area contributed by atoms with Crippen molar-refractivity contribution in [1.82, 2.24) is 10.6 Å². The van der Waals surface area contributed by atoms with Gasteiger partial charge in [-0.25, -0.2) is 4.79 Å². The van der Waals surface area contributed by atoms with Crippen molar-refractivity contribution < 1.29 is 14.6 Å². The highest BCUT2D eigenvalue weighted by atomic mass is 16.5. The standard InChI is InChI=1S/C16H20N2O3/c19-8-2-1-4-13-5-3-6-14(10-13)11-17-16(20)18-15-7-9-21-12-15/h3,5-6,10,15,19H,2,7-9,11-12H2,(H2,17,18,20). The Hall–Kier alpha value is -2.03. The minimum absolute atomic E-state index is 0.0687. The van der Waals surface area contributed by atoms with Gasteiger partial charge in [-0.2, -0.15) is 0 Å². The molecule has 5 nitrogen and oxygen atoms in total. The zero-order valence-electron chi connectivity index (χ0n) is 11.9. The molecule has 0 aromatic heterocycles. The van der Waals surface area contributed by atoms with Gasteiger partial charge in [0.1, 0.15) is 0 Å². The SMILES string of the molecule is O=C(NCc1cccc(C#CCCO)c1)NC1CCOC1. The van der Waals surface area contributed by atoms with Crippen LogP contribution in [0.2, 0.25) is 0 Å². The molecule has 21 heavy (non-hydrogen) atoms. The summed E-state index contributed by atoms with van der Waals surface area (Å²) in [6.07, 6.45) is 1.33. The maximum absolute atomic E-state index is 11.7. The number of amides is 2. The monoisotopic (exact) mass is 288 g/mol. The quantitative estimate of drug-likeness (QED) is 0.724. The Morgan fingerprint density at radius 2 is 2.38 bits per heavy atom. The topological polar surface area (TPSA) is 70.6 Å². The second kappa shape index (κ2) is 8.30. The van der Waals surface area contributed by atoms with Crippen molar-refractivity contribution in [3.05, 3.63) is 35.4 Å². The van der Waals surface area contributed by atoms with Gasteiger partial charge in [-0.3, -0.25) is 0 Å². The molecule has 1 atom stereocenters. The molecule has 1 fully saturated rings. The number of aliphatic hydroxyl groups is 1. The zero-order valence-corrected chi connectivity index (χ0v) is 11.9. The summed E-state index contributed by atoms with van der Waals surface area (Å²) in [7, 11) is 0. The highest BCUT2D eigenvalue weighted by Gasteiger charge is 2.17. The Labute approximate surface area is 124 Å². The first-order chi connectivity index (χ1) is 10.3. The summed E-state index contributed by atoms with van der Waals surface area (Å²) in [6.45, 7) is 1.82. The van der Waals surface area contributed by atoms with E-state index in [0.717, 1.165) is 17.5 Å². The number of nitrogens with one attached hydrogen (secondary N) is 2. The number of aliphatic hydroxyl groups excluding tert-OH is 1. The Balaban J connectivity index is 1.81. The van der Waals surface area contributed by atoms with E-state index in [1.807, 2.05) is 24.3 Å². The van der Waals surface area contributed by atoms with Gasteiger partial charge in [0.2, 0.25) is 0 Å². The molecule has 1 saturated heterocycles. The molecule has 0 radical (unpaired) electrons. The van der Waals surface area contributed by atoms with Crippen LogP contribution in [0, 0.1) is 11.8 Å². The third-order valence-corrected chi connectivity index (χ3v) is 3.11. The van der Waals surface area contributed by atoms with Crippen LogP contribution >= 0.6 is 0 Å². The molecule has 1 aromatic rings. The molecule has 112 valence electrons. The molecule has 1 aliphatic rings. The number of rotatable bonds is 4. The summed E-state index contributed by atoms with van der Waals surface area (Å²) in [6, 6.07) is 7.62. The normalized spacial score (nSPS) is 16.9. The zero-order chi connectivity index (χ0) is 14.9. The van der Waals surface area contributed by atoms with Gasteiger partial charge in [0.25, 0.3) is 0 Å². The molecule has 0 aliphatic carbocycles. The van der Waals surface area contributed by atoms with E-state index in [1.54, 1.807) is 0 Å². The van der Waals surface area contributed by atoms with Gasteiger partial charge in [-0.1, -0.05) is 24.0 Å². The average molecular weight is 288 g/mol. The van der Waals surface area contributed by atoms with Crippen LogP contribution in [-0.4, -0.2) is 37.0 Å². The summed E-state index contributed by atoms with van der Waals surface area (Å²) in [5.41, 5.74) is 1.87. The van der Waals surface area contributed by atoms with Crippen molar-refractivity contribution in [3.63, 3.8) is 0 Å². The number of hydrogen-bond donors (Lipinski definition) is 3. The van der Waals surface area contributed by atoms with Gasteiger partial charge in [0.15, 0.2) is 0 Å². The molecule has 2 amide bonds. The molecule has 1 aliphatic heterocycles. The maximum Gasteiger partial charge on any atom is 0.315 e. The fourth-order valence-electron chi connectivity index (χ4n) is 2.05. The number of ether oxygens (including phenoxy) is 1. The van der Waals surface area contributed by atoms with Gasteiger partial charge in [-0.15, -0.1) is 0 Å². The number of benzene rings is 1. The summed E-state index contributed by atoms with van der Waals surface area (Å²) in [5.74, 6) is 5.86. The van der Waals surface area contributed by atoms with Crippen LogP contribution in [0.3, 0.4) is 0 Å². The van der Waals surface area contributed by atoms with E-state index in [1.165, 1.54) is 0 Å². The molecule has 0 saturated carbocycles. The fourth-order valence-corrected chi connectivity index (χ4v) is 2.05. The van der Waals surface area contributed by atoms with Crippen LogP contribution in [-0.2, 0) is 11.3 Å². The summed E-state index contributed by atoms with van der Waals surface area (Å²) in [4.78, 5) is 11.7. The Bertz CT molecular complexity index is 528. The predicted octanol–water partition coefficient (Wildman–Crippen LogP) is 1.01. The van der Waals surface area contributed by atoms with E-state index in [0.29, 0.717) is 26.2 Å². The highest BCUT2D eigenvalue weighted by molar-refractivity contribution is 5.74. The molecule has 1 heterocycles. The smallest absolute Gasteiger partial charge is 0.315 e. The van der Waals surface area contributed by atoms with Crippen molar-refractivity contribution in [1.29, 1.82) is 0 Å². The van der Waals surface area contributed by atoms with E-state index in [4.69, 9.17) is 9.84 Å². The van der Waals surface area contributed by atoms with E-state index in [9.17, 15) is 4.79 Å². The largest absolute Gasteiger partial charge is 0.395 e. The molecule has 1 aromatic carbocycles. The minimum atomic E-state index is -0.178. The first-order valence-corrected chi connectivity index (χ1v) is 7.08. The first-order valence-electron chi connectivity index (χ1n) is 7.08. The number of hydrogen-bond acceptors (Lipinski definition) is 3. The lowest BCUT2D eigenvalue weighted by Crippen LogP contribution is -2.42. The number of carbonyl (C=O) groups is 1. The number of carbonyl (C=O) groups excluding carboxylic acids is 1. The molecular weight excluding hydrogens is 268 g/mol. The maximum atomic E-state index is 11.7. The van der Waals surface area contributed by atoms with E-state index < -0.39 is 0 Å². The Morgan fingerprint density at radius 3 is 3.14 bits per heavy atom. The van der Waals surface area contributed by atoms with E-state index >= 15 is 0 Å². The van der Waals surface area contributed by atoms with Gasteiger partial charge in [0.05, 0.1) is 19.3 Å². The van der Waals surface area contributed by atoms with Gasteiger partial charge >= 0.3 is 6.03 Å². The summed E-state index contributed by atoms with van der Waals surface area (Å²) in [5, 5.41) is 14.4. The summed E-state index contributed by atoms with van der Waals surface area (Å²) >= 11 is 0. The minimum Gasteiger partial charge on any atom is -0.395 e. The van der Waals surface area contributed by atoms with Crippen LogP contribution in [0.4, 0.5) is 4.79 Å². The average Bonchev–Trinajstić information content (AvgIpc) is 2.99. The second-order valence-corrected chi connectivity index (χ2v) is 4.86. The third-order valence-electron chi connectivity index (χ3n) is 3.11. The number of urea groups is 1. The van der Waals surface area contributed by atoms with E-state index in [2.05, 4.69) is 22.5 Å². The van der Waals surface area contributed by atoms with Crippen LogP contribution in [0.25, 0.3) is 0 Å². The molecule has 2 rings (SSSR count). The van der Waals surface area contributed by atoms with Crippen molar-refractivity contribution >= 4 is 6.03 Å². The van der Waals surface area contributed by atoms with Crippen LogP contribution in [0.1, 0.15) is 24.0 Å². The second-order valence-electron chi connectivity index (χ2n) is 4.86. The van der Waals surface area contributed by atoms with Crippen molar-refractivity contribution in [2.75, 3.05) is 19.8 Å². The van der Waals surface area contributed by atoms with Crippen LogP contribution < -0.4 is 10.6 Å². The van der Waals surface area contributed by atoms with Crippen LogP contribution in [0.15, 0.2) is 24.3 Å². The van der Waals surface area contributed by atoms with Crippen LogP contribution in [0.5, 0.6) is 0 Å². The molecule has 5 heteroatoms. The predicted molar refractivity (Wildman–Crippen MR) is 79.6 cm³/mol. The molecular formula is C16H20N2O3. The fraction of sp³-hybridized carbons (Fsp3) is 0.438. The van der Waals surface area contributed by atoms with Crippen molar-refractivity contribution in [2.45, 2.75) is 25.4 Å². The molecule has 1 unspecified atom stereocenters. The molecule has 3 N–H and O–H groups in total. The van der Waals surface area contributed by atoms with Crippen molar-refractivity contribution in [3.8, 4) is 11.8 Å². The van der Waals surface area contributed by atoms with Gasteiger partial charge in [0, 0.05) is 25.1 Å². The summed E-state index contributed by atoms with van der Waals surface area (Å²) < 4.78 is 5.21.